The normalized spacial score (nSPS) is 10.5. The largest absolute Gasteiger partial charge is 0.218 e. The second-order valence-electron chi connectivity index (χ2n) is 3.25. The van der Waals surface area contributed by atoms with Crippen LogP contribution in [0.15, 0.2) is 51.9 Å². The molecule has 0 amide bonds. The maximum Gasteiger partial charge on any atom is 0.207 e. The minimum atomic E-state index is -3.32. The third-order valence-electron chi connectivity index (χ3n) is 2.06. The third-order valence-corrected chi connectivity index (χ3v) is 3.42. The fraction of sp³-hybridized carbons (Fsp3) is 0.250. The molecule has 0 unspecified atom stereocenters. The highest BCUT2D eigenvalue weighted by atomic mass is 32.2. The molecule has 0 aliphatic rings. The molecular weight excluding hydrogens is 208 g/mol. The molecule has 2 nitrogen and oxygen atoms in total. The van der Waals surface area contributed by atoms with Gasteiger partial charge in [0.05, 0.1) is 10.3 Å². The van der Waals surface area contributed by atoms with Gasteiger partial charge < -0.3 is 0 Å². The predicted molar refractivity (Wildman–Crippen MR) is 61.2 cm³/mol. The monoisotopic (exact) mass is 222 g/mol. The highest BCUT2D eigenvalue weighted by Gasteiger charge is 2.07. The zero-order valence-electron chi connectivity index (χ0n) is 8.90. The minimum Gasteiger partial charge on any atom is -0.218 e. The lowest BCUT2D eigenvalue weighted by molar-refractivity contribution is 0.604. The van der Waals surface area contributed by atoms with Gasteiger partial charge >= 0.3 is 0 Å². The molecular formula is C12H14O2S. The van der Waals surface area contributed by atoms with Crippen LogP contribution in [0.5, 0.6) is 0 Å². The van der Waals surface area contributed by atoms with Gasteiger partial charge in [-0.1, -0.05) is 25.1 Å². The van der Waals surface area contributed by atoms with E-state index in [1.165, 1.54) is 0 Å². The summed E-state index contributed by atoms with van der Waals surface area (Å²) in [6.07, 6.45) is 0.806. The molecule has 1 rings (SSSR count). The van der Waals surface area contributed by atoms with Gasteiger partial charge in [0.2, 0.25) is 9.84 Å². The second-order valence-corrected chi connectivity index (χ2v) is 5.05. The topological polar surface area (TPSA) is 34.1 Å². The summed E-state index contributed by atoms with van der Waals surface area (Å²) in [4.78, 5) is 0.307. The van der Waals surface area contributed by atoms with Crippen LogP contribution in [0.4, 0.5) is 0 Å². The van der Waals surface area contributed by atoms with Crippen LogP contribution in [0, 0.1) is 0 Å². The van der Waals surface area contributed by atoms with Crippen LogP contribution >= 0.6 is 0 Å². The van der Waals surface area contributed by atoms with Crippen molar-refractivity contribution in [2.24, 2.45) is 0 Å². The van der Waals surface area contributed by atoms with Gasteiger partial charge in [0.1, 0.15) is 0 Å². The molecule has 0 fully saturated rings. The number of rotatable bonds is 3. The van der Waals surface area contributed by atoms with Crippen molar-refractivity contribution in [1.29, 1.82) is 0 Å². The van der Waals surface area contributed by atoms with E-state index in [2.05, 4.69) is 5.73 Å². The highest BCUT2D eigenvalue weighted by molar-refractivity contribution is 7.94. The minimum absolute atomic E-state index is 0.307. The maximum absolute atomic E-state index is 11.7. The van der Waals surface area contributed by atoms with Gasteiger partial charge in [-0.2, -0.15) is 0 Å². The molecule has 1 aromatic carbocycles. The Bertz CT molecular complexity index is 478. The van der Waals surface area contributed by atoms with Crippen molar-refractivity contribution in [1.82, 2.24) is 0 Å². The van der Waals surface area contributed by atoms with Crippen molar-refractivity contribution < 1.29 is 8.42 Å². The first-order valence-corrected chi connectivity index (χ1v) is 6.33. The molecule has 15 heavy (non-hydrogen) atoms. The summed E-state index contributed by atoms with van der Waals surface area (Å²) in [6.45, 7) is 3.82. The summed E-state index contributed by atoms with van der Waals surface area (Å²) >= 11 is 0. The van der Waals surface area contributed by atoms with E-state index >= 15 is 0 Å². The third kappa shape index (κ3) is 3.39. The lowest BCUT2D eigenvalue weighted by atomic mass is 10.3. The fourth-order valence-corrected chi connectivity index (χ4v) is 1.99. The van der Waals surface area contributed by atoms with Crippen molar-refractivity contribution in [2.75, 3.05) is 0 Å². The van der Waals surface area contributed by atoms with Gasteiger partial charge in [-0.3, -0.25) is 0 Å². The Morgan fingerprint density at radius 3 is 2.47 bits per heavy atom. The Hall–Kier alpha value is -1.31. The van der Waals surface area contributed by atoms with Crippen LogP contribution in [0.3, 0.4) is 0 Å². The number of allylic oxidation sites excluding steroid dienone is 1. The summed E-state index contributed by atoms with van der Waals surface area (Å²) in [5.41, 5.74) is 3.70. The summed E-state index contributed by atoms with van der Waals surface area (Å²) in [7, 11) is -3.32. The van der Waals surface area contributed by atoms with Gasteiger partial charge in [0.15, 0.2) is 0 Å². The summed E-state index contributed by atoms with van der Waals surface area (Å²) < 4.78 is 23.4. The molecule has 0 heterocycles. The lowest BCUT2D eigenvalue weighted by Crippen LogP contribution is -1.94. The van der Waals surface area contributed by atoms with E-state index in [9.17, 15) is 8.42 Å². The quantitative estimate of drug-likeness (QED) is 0.737. The molecule has 80 valence electrons. The average Bonchev–Trinajstić information content (AvgIpc) is 2.27. The summed E-state index contributed by atoms with van der Waals surface area (Å²) in [5.74, 6) is 0. The fourth-order valence-electron chi connectivity index (χ4n) is 0.958. The van der Waals surface area contributed by atoms with Crippen LogP contribution in [-0.4, -0.2) is 8.42 Å². The maximum atomic E-state index is 11.7. The molecule has 0 saturated carbocycles. The van der Waals surface area contributed by atoms with Crippen molar-refractivity contribution in [3.05, 3.63) is 47.0 Å². The first-order valence-electron chi connectivity index (χ1n) is 4.78. The van der Waals surface area contributed by atoms with Gasteiger partial charge in [0, 0.05) is 0 Å². The molecule has 0 spiro atoms. The predicted octanol–water partition coefficient (Wildman–Crippen LogP) is 2.93. The number of hydrogen-bond donors (Lipinski definition) is 0. The van der Waals surface area contributed by atoms with E-state index in [0.29, 0.717) is 4.90 Å². The first kappa shape index (κ1) is 11.8. The summed E-state index contributed by atoms with van der Waals surface area (Å²) in [6, 6.07) is 8.35. The standard InChI is InChI=1S/C12H14O2S/c1-3-11(2)9-10-15(13,14)12-7-5-4-6-8-12/h4-8,10H,3H2,1-2H3. The lowest BCUT2D eigenvalue weighted by Gasteiger charge is -1.96. The van der Waals surface area contributed by atoms with E-state index in [1.54, 1.807) is 30.3 Å². The van der Waals surface area contributed by atoms with Crippen LogP contribution in [0.2, 0.25) is 0 Å². The Kier molecular flexibility index (Phi) is 3.89. The van der Waals surface area contributed by atoms with Crippen LogP contribution in [-0.2, 0) is 9.84 Å². The van der Waals surface area contributed by atoms with E-state index in [1.807, 2.05) is 13.8 Å². The second kappa shape index (κ2) is 4.96. The smallest absolute Gasteiger partial charge is 0.207 e. The molecule has 0 aliphatic heterocycles. The van der Waals surface area contributed by atoms with Gasteiger partial charge in [-0.15, -0.1) is 5.73 Å². The van der Waals surface area contributed by atoms with Gasteiger partial charge in [0.25, 0.3) is 0 Å². The SMILES string of the molecule is CCC(C)=C=CS(=O)(=O)c1ccccc1. The Balaban J connectivity index is 3.12. The molecule has 0 radical (unpaired) electrons. The van der Waals surface area contributed by atoms with Crippen molar-refractivity contribution in [3.8, 4) is 0 Å². The molecule has 0 atom stereocenters. The van der Waals surface area contributed by atoms with Crippen molar-refractivity contribution in [2.45, 2.75) is 25.2 Å². The number of hydrogen-bond acceptors (Lipinski definition) is 2. The average molecular weight is 222 g/mol. The van der Waals surface area contributed by atoms with Gasteiger partial charge in [-0.05, 0) is 31.1 Å². The van der Waals surface area contributed by atoms with Crippen LogP contribution in [0.1, 0.15) is 20.3 Å². The van der Waals surface area contributed by atoms with E-state index < -0.39 is 9.84 Å². The zero-order valence-corrected chi connectivity index (χ0v) is 9.71. The molecule has 0 bridgehead atoms. The van der Waals surface area contributed by atoms with Crippen LogP contribution in [0.25, 0.3) is 0 Å². The van der Waals surface area contributed by atoms with E-state index in [4.69, 9.17) is 0 Å². The van der Waals surface area contributed by atoms with Crippen molar-refractivity contribution >= 4 is 9.84 Å². The molecule has 1 aromatic rings. The molecule has 0 aromatic heterocycles. The van der Waals surface area contributed by atoms with E-state index in [-0.39, 0.29) is 0 Å². The number of sulfone groups is 1. The molecule has 0 aliphatic carbocycles. The highest BCUT2D eigenvalue weighted by Crippen LogP contribution is 2.11. The van der Waals surface area contributed by atoms with Gasteiger partial charge in [-0.25, -0.2) is 8.42 Å². The zero-order chi connectivity index (χ0) is 11.3. The Morgan fingerprint density at radius 1 is 1.33 bits per heavy atom. The molecule has 0 N–H and O–H groups in total. The van der Waals surface area contributed by atoms with Crippen LogP contribution < -0.4 is 0 Å². The Labute approximate surface area is 90.9 Å². The van der Waals surface area contributed by atoms with E-state index in [0.717, 1.165) is 17.4 Å². The Morgan fingerprint density at radius 2 is 1.93 bits per heavy atom. The number of benzene rings is 1. The molecule has 3 heteroatoms. The summed E-state index contributed by atoms with van der Waals surface area (Å²) in [5, 5.41) is 1.14. The molecule has 0 saturated heterocycles. The van der Waals surface area contributed by atoms with Crippen molar-refractivity contribution in [3.63, 3.8) is 0 Å². The first-order chi connectivity index (χ1) is 7.06.